The first-order chi connectivity index (χ1) is 5.75. The molecule has 1 aromatic rings. The van der Waals surface area contributed by atoms with E-state index in [-0.39, 0.29) is 11.9 Å². The fourth-order valence-corrected chi connectivity index (χ4v) is 1.28. The van der Waals surface area contributed by atoms with Crippen molar-refractivity contribution in [2.24, 2.45) is 0 Å². The molecule has 1 aliphatic heterocycles. The minimum absolute atomic E-state index is 0.223. The molecule has 1 heterocycles. The van der Waals surface area contributed by atoms with Gasteiger partial charge in [0.1, 0.15) is 5.82 Å². The van der Waals surface area contributed by atoms with Gasteiger partial charge >= 0.3 is 0 Å². The van der Waals surface area contributed by atoms with Gasteiger partial charge in [-0.3, -0.25) is 0 Å². The lowest BCUT2D eigenvalue weighted by molar-refractivity contribution is 0.405. The summed E-state index contributed by atoms with van der Waals surface area (Å²) in [5, 5.41) is 0.438. The standard InChI is InChI=1S/C9H8ClFO/c10-7-2-1-6(9(11)4-7)3-8-5-12-8/h1-2,4,8H,3,5H2. The average Bonchev–Trinajstić information content (AvgIpc) is 2.79. The molecule has 1 saturated heterocycles. The summed E-state index contributed by atoms with van der Waals surface area (Å²) in [6.07, 6.45) is 0.879. The molecular weight excluding hydrogens is 179 g/mol. The normalized spacial score (nSPS) is 21.0. The second-order valence-corrected chi connectivity index (χ2v) is 3.33. The molecule has 12 heavy (non-hydrogen) atoms. The van der Waals surface area contributed by atoms with Crippen LogP contribution in [0.1, 0.15) is 5.56 Å². The first kappa shape index (κ1) is 8.02. The van der Waals surface area contributed by atoms with E-state index in [0.29, 0.717) is 17.0 Å². The second-order valence-electron chi connectivity index (χ2n) is 2.90. The summed E-state index contributed by atoms with van der Waals surface area (Å²) in [6.45, 7) is 0.752. The first-order valence-electron chi connectivity index (χ1n) is 3.81. The molecule has 64 valence electrons. The van der Waals surface area contributed by atoms with Crippen LogP contribution in [-0.2, 0) is 11.2 Å². The number of halogens is 2. The Hall–Kier alpha value is -0.600. The van der Waals surface area contributed by atoms with Crippen molar-refractivity contribution in [1.82, 2.24) is 0 Å². The van der Waals surface area contributed by atoms with Gasteiger partial charge < -0.3 is 4.74 Å². The van der Waals surface area contributed by atoms with E-state index in [0.717, 1.165) is 6.61 Å². The van der Waals surface area contributed by atoms with E-state index in [4.69, 9.17) is 16.3 Å². The summed E-state index contributed by atoms with van der Waals surface area (Å²) in [5.41, 5.74) is 0.682. The number of ether oxygens (including phenoxy) is 1. The van der Waals surface area contributed by atoms with E-state index in [9.17, 15) is 4.39 Å². The van der Waals surface area contributed by atoms with Gasteiger partial charge in [0.25, 0.3) is 0 Å². The van der Waals surface area contributed by atoms with Gasteiger partial charge in [0, 0.05) is 11.4 Å². The van der Waals surface area contributed by atoms with Crippen LogP contribution in [0.3, 0.4) is 0 Å². The van der Waals surface area contributed by atoms with E-state index >= 15 is 0 Å². The van der Waals surface area contributed by atoms with Crippen molar-refractivity contribution in [3.05, 3.63) is 34.6 Å². The molecule has 0 aromatic heterocycles. The van der Waals surface area contributed by atoms with Crippen molar-refractivity contribution in [3.63, 3.8) is 0 Å². The lowest BCUT2D eigenvalue weighted by Gasteiger charge is -1.99. The predicted molar refractivity (Wildman–Crippen MR) is 44.9 cm³/mol. The van der Waals surface area contributed by atoms with Crippen LogP contribution < -0.4 is 0 Å². The van der Waals surface area contributed by atoms with Crippen LogP contribution in [0.5, 0.6) is 0 Å². The summed E-state index contributed by atoms with van der Waals surface area (Å²) >= 11 is 5.60. The molecule has 1 fully saturated rings. The van der Waals surface area contributed by atoms with Gasteiger partial charge in [0.05, 0.1) is 12.7 Å². The van der Waals surface area contributed by atoms with Crippen LogP contribution >= 0.6 is 11.6 Å². The number of hydrogen-bond acceptors (Lipinski definition) is 1. The molecule has 0 saturated carbocycles. The first-order valence-corrected chi connectivity index (χ1v) is 4.19. The molecule has 1 nitrogen and oxygen atoms in total. The molecule has 0 radical (unpaired) electrons. The minimum Gasteiger partial charge on any atom is -0.373 e. The van der Waals surface area contributed by atoms with Gasteiger partial charge in [0.2, 0.25) is 0 Å². The molecule has 3 heteroatoms. The molecule has 0 amide bonds. The summed E-state index contributed by atoms with van der Waals surface area (Å²) in [6, 6.07) is 4.74. The van der Waals surface area contributed by atoms with Crippen LogP contribution in [0.2, 0.25) is 5.02 Å². The molecular formula is C9H8ClFO. The highest BCUT2D eigenvalue weighted by Crippen LogP contribution is 2.20. The van der Waals surface area contributed by atoms with Crippen molar-refractivity contribution in [2.75, 3.05) is 6.61 Å². The summed E-state index contributed by atoms with van der Waals surface area (Å²) in [5.74, 6) is -0.238. The van der Waals surface area contributed by atoms with Crippen molar-refractivity contribution < 1.29 is 9.13 Å². The third-order valence-electron chi connectivity index (χ3n) is 1.87. The summed E-state index contributed by atoms with van der Waals surface area (Å²) < 4.78 is 18.1. The number of rotatable bonds is 2. The predicted octanol–water partition coefficient (Wildman–Crippen LogP) is 2.42. The average molecular weight is 187 g/mol. The Kier molecular flexibility index (Phi) is 2.03. The topological polar surface area (TPSA) is 12.5 Å². The SMILES string of the molecule is Fc1cc(Cl)ccc1CC1CO1. The highest BCUT2D eigenvalue weighted by atomic mass is 35.5. The van der Waals surface area contributed by atoms with E-state index in [1.54, 1.807) is 12.1 Å². The molecule has 2 rings (SSSR count). The number of hydrogen-bond donors (Lipinski definition) is 0. The Morgan fingerprint density at radius 3 is 2.92 bits per heavy atom. The highest BCUT2D eigenvalue weighted by Gasteiger charge is 2.23. The maximum absolute atomic E-state index is 13.1. The Morgan fingerprint density at radius 1 is 1.58 bits per heavy atom. The van der Waals surface area contributed by atoms with Crippen molar-refractivity contribution in [3.8, 4) is 0 Å². The fraction of sp³-hybridized carbons (Fsp3) is 0.333. The van der Waals surface area contributed by atoms with Crippen molar-refractivity contribution in [1.29, 1.82) is 0 Å². The van der Waals surface area contributed by atoms with Crippen LogP contribution in [0.15, 0.2) is 18.2 Å². The molecule has 1 aromatic carbocycles. The zero-order valence-electron chi connectivity index (χ0n) is 6.39. The monoisotopic (exact) mass is 186 g/mol. The zero-order valence-corrected chi connectivity index (χ0v) is 7.14. The van der Waals surface area contributed by atoms with E-state index < -0.39 is 0 Å². The fourth-order valence-electron chi connectivity index (χ4n) is 1.12. The van der Waals surface area contributed by atoms with Crippen molar-refractivity contribution in [2.45, 2.75) is 12.5 Å². The maximum atomic E-state index is 13.1. The molecule has 0 N–H and O–H groups in total. The molecule has 0 bridgehead atoms. The highest BCUT2D eigenvalue weighted by molar-refractivity contribution is 6.30. The van der Waals surface area contributed by atoms with Gasteiger partial charge in [-0.1, -0.05) is 17.7 Å². The molecule has 1 unspecified atom stereocenters. The molecule has 0 aliphatic carbocycles. The Morgan fingerprint density at radius 2 is 2.33 bits per heavy atom. The van der Waals surface area contributed by atoms with Gasteiger partial charge in [-0.15, -0.1) is 0 Å². The van der Waals surface area contributed by atoms with Gasteiger partial charge in [-0.2, -0.15) is 0 Å². The van der Waals surface area contributed by atoms with Gasteiger partial charge in [-0.25, -0.2) is 4.39 Å². The Bertz CT molecular complexity index is 297. The summed E-state index contributed by atoms with van der Waals surface area (Å²) in [7, 11) is 0. The van der Waals surface area contributed by atoms with Crippen LogP contribution in [0, 0.1) is 5.82 Å². The lowest BCUT2D eigenvalue weighted by Crippen LogP contribution is -1.96. The summed E-state index contributed by atoms with van der Waals surface area (Å²) in [4.78, 5) is 0. The third-order valence-corrected chi connectivity index (χ3v) is 2.10. The largest absolute Gasteiger partial charge is 0.373 e. The smallest absolute Gasteiger partial charge is 0.127 e. The van der Waals surface area contributed by atoms with Crippen LogP contribution in [-0.4, -0.2) is 12.7 Å². The van der Waals surface area contributed by atoms with Crippen LogP contribution in [0.4, 0.5) is 4.39 Å². The quantitative estimate of drug-likeness (QED) is 0.647. The maximum Gasteiger partial charge on any atom is 0.127 e. The Labute approximate surface area is 75.1 Å². The lowest BCUT2D eigenvalue weighted by atomic mass is 10.1. The number of epoxide rings is 1. The minimum atomic E-state index is -0.238. The molecule has 1 atom stereocenters. The van der Waals surface area contributed by atoms with E-state index in [2.05, 4.69) is 0 Å². The Balaban J connectivity index is 2.18. The van der Waals surface area contributed by atoms with E-state index in [1.165, 1.54) is 6.07 Å². The van der Waals surface area contributed by atoms with Crippen molar-refractivity contribution >= 4 is 11.6 Å². The van der Waals surface area contributed by atoms with Crippen LogP contribution in [0.25, 0.3) is 0 Å². The molecule has 1 aliphatic rings. The van der Waals surface area contributed by atoms with Gasteiger partial charge in [0.15, 0.2) is 0 Å². The zero-order chi connectivity index (χ0) is 8.55. The van der Waals surface area contributed by atoms with E-state index in [1.807, 2.05) is 0 Å². The third kappa shape index (κ3) is 1.76. The second kappa shape index (κ2) is 3.04. The number of benzene rings is 1. The van der Waals surface area contributed by atoms with Gasteiger partial charge in [-0.05, 0) is 17.7 Å². The molecule has 0 spiro atoms.